The van der Waals surface area contributed by atoms with Crippen molar-refractivity contribution in [2.45, 2.75) is 6.92 Å². The third-order valence-electron chi connectivity index (χ3n) is 2.84. The summed E-state index contributed by atoms with van der Waals surface area (Å²) in [6, 6.07) is 9.43. The fourth-order valence-electron chi connectivity index (χ4n) is 1.76. The quantitative estimate of drug-likeness (QED) is 0.636. The number of nitrogens with one attached hydrogen (secondary N) is 1. The predicted molar refractivity (Wildman–Crippen MR) is 84.9 cm³/mol. The van der Waals surface area contributed by atoms with E-state index in [0.29, 0.717) is 5.69 Å². The summed E-state index contributed by atoms with van der Waals surface area (Å²) in [5.74, 6) is -0.495. The minimum absolute atomic E-state index is 0.0615. The van der Waals surface area contributed by atoms with Crippen molar-refractivity contribution in [3.63, 3.8) is 0 Å². The molecule has 0 radical (unpaired) electrons. The van der Waals surface area contributed by atoms with E-state index in [1.807, 2.05) is 6.92 Å². The zero-order valence-corrected chi connectivity index (χ0v) is 13.2. The molecule has 0 unspecified atom stereocenters. The summed E-state index contributed by atoms with van der Waals surface area (Å²) in [4.78, 5) is 22.4. The van der Waals surface area contributed by atoms with Gasteiger partial charge in [0.2, 0.25) is 0 Å². The van der Waals surface area contributed by atoms with Gasteiger partial charge in [-0.2, -0.15) is 0 Å². The highest BCUT2D eigenvalue weighted by Gasteiger charge is 2.19. The van der Waals surface area contributed by atoms with Crippen LogP contribution in [0.25, 0.3) is 0 Å². The van der Waals surface area contributed by atoms with Crippen molar-refractivity contribution in [3.05, 3.63) is 67.1 Å². The molecule has 1 N–H and O–H groups in total. The smallest absolute Gasteiger partial charge is 0.288 e. The van der Waals surface area contributed by atoms with Crippen LogP contribution < -0.4 is 5.32 Å². The number of carbonyl (C=O) groups excluding carboxylic acids is 1. The van der Waals surface area contributed by atoms with Gasteiger partial charge in [0.15, 0.2) is 0 Å². The molecule has 0 bridgehead atoms. The number of hydrogen-bond donors (Lipinski definition) is 1. The summed E-state index contributed by atoms with van der Waals surface area (Å²) in [7, 11) is 0. The maximum Gasteiger partial charge on any atom is 0.288 e. The minimum Gasteiger partial charge on any atom is -0.322 e. The lowest BCUT2D eigenvalue weighted by molar-refractivity contribution is -0.384. The van der Waals surface area contributed by atoms with Gasteiger partial charge in [0.25, 0.3) is 11.6 Å². The number of benzene rings is 2. The van der Waals surface area contributed by atoms with Gasteiger partial charge in [-0.05, 0) is 36.8 Å². The van der Waals surface area contributed by atoms with Crippen LogP contribution >= 0.6 is 27.5 Å². The van der Waals surface area contributed by atoms with E-state index in [4.69, 9.17) is 11.6 Å². The second kappa shape index (κ2) is 6.24. The molecule has 0 saturated heterocycles. The number of carbonyl (C=O) groups is 1. The Kier molecular flexibility index (Phi) is 4.59. The van der Waals surface area contributed by atoms with Gasteiger partial charge in [-0.25, -0.2) is 0 Å². The van der Waals surface area contributed by atoms with Crippen LogP contribution in [0.5, 0.6) is 0 Å². The van der Waals surface area contributed by atoms with Crippen molar-refractivity contribution in [2.75, 3.05) is 5.32 Å². The molecule has 0 atom stereocenters. The molecule has 2 rings (SSSR count). The van der Waals surface area contributed by atoms with E-state index in [1.165, 1.54) is 18.2 Å². The van der Waals surface area contributed by atoms with Gasteiger partial charge < -0.3 is 5.32 Å². The van der Waals surface area contributed by atoms with Crippen LogP contribution in [0.15, 0.2) is 40.9 Å². The molecule has 0 fully saturated rings. The van der Waals surface area contributed by atoms with Gasteiger partial charge in [0.05, 0.1) is 10.5 Å². The van der Waals surface area contributed by atoms with Crippen molar-refractivity contribution in [2.24, 2.45) is 0 Å². The zero-order valence-electron chi connectivity index (χ0n) is 10.9. The number of halogens is 2. The molecular formula is C14H10BrClN2O3. The number of nitro groups is 1. The van der Waals surface area contributed by atoms with Crippen LogP contribution in [0.4, 0.5) is 11.4 Å². The number of nitrogens with zero attached hydrogens (tertiary/aromatic N) is 1. The van der Waals surface area contributed by atoms with Crippen molar-refractivity contribution < 1.29 is 9.72 Å². The summed E-state index contributed by atoms with van der Waals surface area (Å²) in [6.07, 6.45) is 0. The Labute approximate surface area is 134 Å². The Morgan fingerprint density at radius 3 is 2.67 bits per heavy atom. The van der Waals surface area contributed by atoms with E-state index < -0.39 is 10.8 Å². The van der Waals surface area contributed by atoms with E-state index in [1.54, 1.807) is 18.2 Å². The van der Waals surface area contributed by atoms with Gasteiger partial charge in [-0.1, -0.05) is 33.6 Å². The molecule has 7 heteroatoms. The number of aryl methyl sites for hydroxylation is 1. The molecule has 2 aromatic rings. The standard InChI is InChI=1S/C14H10BrClN2O3/c1-8-7-9(5-6-11(8)15)17-14(19)10-3-2-4-12(13(10)16)18(20)21/h2-7H,1H3,(H,17,19). The molecule has 21 heavy (non-hydrogen) atoms. The molecule has 1 amide bonds. The fraction of sp³-hybridized carbons (Fsp3) is 0.0714. The van der Waals surface area contributed by atoms with Crippen molar-refractivity contribution >= 4 is 44.8 Å². The van der Waals surface area contributed by atoms with Crippen molar-refractivity contribution in [1.29, 1.82) is 0 Å². The van der Waals surface area contributed by atoms with Gasteiger partial charge >= 0.3 is 0 Å². The van der Waals surface area contributed by atoms with E-state index >= 15 is 0 Å². The summed E-state index contributed by atoms with van der Waals surface area (Å²) >= 11 is 9.28. The maximum atomic E-state index is 12.2. The normalized spacial score (nSPS) is 10.2. The zero-order chi connectivity index (χ0) is 15.6. The molecule has 0 spiro atoms. The average molecular weight is 370 g/mol. The van der Waals surface area contributed by atoms with Gasteiger partial charge in [-0.3, -0.25) is 14.9 Å². The third kappa shape index (κ3) is 3.40. The topological polar surface area (TPSA) is 72.2 Å². The van der Waals surface area contributed by atoms with Crippen LogP contribution in [-0.4, -0.2) is 10.8 Å². The first-order valence-electron chi connectivity index (χ1n) is 5.90. The van der Waals surface area contributed by atoms with Crippen LogP contribution in [0.3, 0.4) is 0 Å². The van der Waals surface area contributed by atoms with E-state index in [0.717, 1.165) is 10.0 Å². The Morgan fingerprint density at radius 1 is 1.33 bits per heavy atom. The molecule has 108 valence electrons. The highest BCUT2D eigenvalue weighted by Crippen LogP contribution is 2.28. The summed E-state index contributed by atoms with van der Waals surface area (Å²) < 4.78 is 0.925. The lowest BCUT2D eigenvalue weighted by atomic mass is 10.1. The SMILES string of the molecule is Cc1cc(NC(=O)c2cccc([N+](=O)[O-])c2Cl)ccc1Br. The maximum absolute atomic E-state index is 12.2. The van der Waals surface area contributed by atoms with E-state index in [-0.39, 0.29) is 16.3 Å². The number of anilines is 1. The second-order valence-electron chi connectivity index (χ2n) is 4.31. The molecule has 0 aliphatic carbocycles. The molecule has 0 heterocycles. The molecule has 5 nitrogen and oxygen atoms in total. The lowest BCUT2D eigenvalue weighted by Gasteiger charge is -2.08. The highest BCUT2D eigenvalue weighted by molar-refractivity contribution is 9.10. The van der Waals surface area contributed by atoms with E-state index in [2.05, 4.69) is 21.2 Å². The molecule has 2 aromatic carbocycles. The van der Waals surface area contributed by atoms with Gasteiger partial charge in [0.1, 0.15) is 5.02 Å². The Bertz CT molecular complexity index is 734. The first kappa shape index (κ1) is 15.5. The van der Waals surface area contributed by atoms with Crippen LogP contribution in [-0.2, 0) is 0 Å². The number of hydrogen-bond acceptors (Lipinski definition) is 3. The highest BCUT2D eigenvalue weighted by atomic mass is 79.9. The second-order valence-corrected chi connectivity index (χ2v) is 5.55. The van der Waals surface area contributed by atoms with Gasteiger partial charge in [-0.15, -0.1) is 0 Å². The van der Waals surface area contributed by atoms with Gasteiger partial charge in [0, 0.05) is 16.2 Å². The van der Waals surface area contributed by atoms with Crippen molar-refractivity contribution in [3.8, 4) is 0 Å². The first-order valence-corrected chi connectivity index (χ1v) is 7.07. The molecular weight excluding hydrogens is 360 g/mol. The Hall–Kier alpha value is -1.92. The lowest BCUT2D eigenvalue weighted by Crippen LogP contribution is -2.13. The third-order valence-corrected chi connectivity index (χ3v) is 4.12. The summed E-state index contributed by atoms with van der Waals surface area (Å²) in [6.45, 7) is 1.89. The van der Waals surface area contributed by atoms with Crippen LogP contribution in [0, 0.1) is 17.0 Å². The van der Waals surface area contributed by atoms with Crippen LogP contribution in [0.1, 0.15) is 15.9 Å². The largest absolute Gasteiger partial charge is 0.322 e. The number of rotatable bonds is 3. The first-order chi connectivity index (χ1) is 9.90. The predicted octanol–water partition coefficient (Wildman–Crippen LogP) is 4.57. The number of nitro benzene ring substituents is 1. The summed E-state index contributed by atoms with van der Waals surface area (Å²) in [5.41, 5.74) is 1.31. The van der Waals surface area contributed by atoms with E-state index in [9.17, 15) is 14.9 Å². The molecule has 0 aliphatic heterocycles. The minimum atomic E-state index is -0.622. The fourth-order valence-corrected chi connectivity index (χ4v) is 2.28. The van der Waals surface area contributed by atoms with Crippen LogP contribution in [0.2, 0.25) is 5.02 Å². The monoisotopic (exact) mass is 368 g/mol. The summed E-state index contributed by atoms with van der Waals surface area (Å²) in [5, 5.41) is 13.3. The molecule has 0 aromatic heterocycles. The average Bonchev–Trinajstić information content (AvgIpc) is 2.42. The Morgan fingerprint density at radius 2 is 2.05 bits per heavy atom. The van der Waals surface area contributed by atoms with Crippen molar-refractivity contribution in [1.82, 2.24) is 0 Å². The number of amides is 1. The Balaban J connectivity index is 2.30. The molecule has 0 saturated carbocycles. The molecule has 0 aliphatic rings.